The van der Waals surface area contributed by atoms with Crippen molar-refractivity contribution < 1.29 is 18.7 Å². The van der Waals surface area contributed by atoms with Gasteiger partial charge in [0.05, 0.1) is 6.61 Å². The van der Waals surface area contributed by atoms with Crippen molar-refractivity contribution in [1.82, 2.24) is 5.32 Å². The first-order valence-electron chi connectivity index (χ1n) is 4.72. The quantitative estimate of drug-likeness (QED) is 0.754. The number of aldehydes is 1. The van der Waals surface area contributed by atoms with E-state index in [1.54, 1.807) is 12.1 Å². The minimum atomic E-state index is -0.376. The molecule has 1 aromatic heterocycles. The first-order valence-corrected chi connectivity index (χ1v) is 4.72. The lowest BCUT2D eigenvalue weighted by Crippen LogP contribution is -2.39. The van der Waals surface area contributed by atoms with Crippen LogP contribution in [0, 0.1) is 5.92 Å². The average molecular weight is 209 g/mol. The third-order valence-electron chi connectivity index (χ3n) is 2.27. The monoisotopic (exact) mass is 209 g/mol. The second-order valence-corrected chi connectivity index (χ2v) is 3.47. The molecule has 2 rings (SSSR count). The van der Waals surface area contributed by atoms with Crippen molar-refractivity contribution in [2.45, 2.75) is 6.42 Å². The molecule has 1 amide bonds. The standard InChI is InChI=1S/C10H11NO4/c12-5-9-2-1-8(15-9)3-7-4-11-10(13)14-6-7/h1-2,5,7H,3-4,6H2,(H,11,13). The maximum absolute atomic E-state index is 10.7. The second kappa shape index (κ2) is 4.16. The lowest BCUT2D eigenvalue weighted by atomic mass is 10.0. The van der Waals surface area contributed by atoms with Crippen molar-refractivity contribution in [2.24, 2.45) is 5.92 Å². The number of cyclic esters (lactones) is 1. The highest BCUT2D eigenvalue weighted by molar-refractivity contribution is 5.70. The fraction of sp³-hybridized carbons (Fsp3) is 0.400. The summed E-state index contributed by atoms with van der Waals surface area (Å²) in [4.78, 5) is 21.1. The highest BCUT2D eigenvalue weighted by atomic mass is 16.6. The van der Waals surface area contributed by atoms with Crippen molar-refractivity contribution in [2.75, 3.05) is 13.2 Å². The van der Waals surface area contributed by atoms with Gasteiger partial charge in [0.1, 0.15) is 5.76 Å². The fourth-order valence-electron chi connectivity index (χ4n) is 1.51. The van der Waals surface area contributed by atoms with Crippen LogP contribution in [0.15, 0.2) is 16.5 Å². The molecule has 1 unspecified atom stereocenters. The number of hydrogen-bond donors (Lipinski definition) is 1. The Morgan fingerprint density at radius 2 is 2.40 bits per heavy atom. The summed E-state index contributed by atoms with van der Waals surface area (Å²) in [5.41, 5.74) is 0. The third kappa shape index (κ3) is 2.37. The van der Waals surface area contributed by atoms with E-state index in [1.807, 2.05) is 0 Å². The number of rotatable bonds is 3. The fourth-order valence-corrected chi connectivity index (χ4v) is 1.51. The van der Waals surface area contributed by atoms with Gasteiger partial charge in [0.2, 0.25) is 0 Å². The van der Waals surface area contributed by atoms with E-state index in [2.05, 4.69) is 5.32 Å². The van der Waals surface area contributed by atoms with E-state index in [0.717, 1.165) is 5.76 Å². The Bertz CT molecular complexity index is 361. The van der Waals surface area contributed by atoms with E-state index in [1.165, 1.54) is 0 Å². The third-order valence-corrected chi connectivity index (χ3v) is 2.27. The Labute approximate surface area is 86.4 Å². The minimum absolute atomic E-state index is 0.202. The smallest absolute Gasteiger partial charge is 0.407 e. The van der Waals surface area contributed by atoms with E-state index in [9.17, 15) is 9.59 Å². The summed E-state index contributed by atoms with van der Waals surface area (Å²) in [5, 5.41) is 2.60. The predicted molar refractivity (Wildman–Crippen MR) is 50.6 cm³/mol. The average Bonchev–Trinajstić information content (AvgIpc) is 2.69. The number of alkyl carbamates (subject to hydrolysis) is 1. The maximum Gasteiger partial charge on any atom is 0.407 e. The number of carbonyl (C=O) groups excluding carboxylic acids is 2. The number of hydrogen-bond acceptors (Lipinski definition) is 4. The summed E-state index contributed by atoms with van der Waals surface area (Å²) in [5.74, 6) is 1.26. The molecular formula is C10H11NO4. The molecule has 0 aliphatic carbocycles. The topological polar surface area (TPSA) is 68.5 Å². The summed E-state index contributed by atoms with van der Waals surface area (Å²) in [7, 11) is 0. The summed E-state index contributed by atoms with van der Waals surface area (Å²) < 4.78 is 10.1. The summed E-state index contributed by atoms with van der Waals surface area (Å²) in [6, 6.07) is 3.39. The number of carbonyl (C=O) groups is 2. The molecule has 0 radical (unpaired) electrons. The largest absolute Gasteiger partial charge is 0.458 e. The first kappa shape index (κ1) is 9.76. The van der Waals surface area contributed by atoms with Gasteiger partial charge in [0, 0.05) is 18.9 Å². The second-order valence-electron chi connectivity index (χ2n) is 3.47. The summed E-state index contributed by atoms with van der Waals surface area (Å²) in [6.07, 6.45) is 0.954. The zero-order chi connectivity index (χ0) is 10.7. The zero-order valence-electron chi connectivity index (χ0n) is 8.06. The summed E-state index contributed by atoms with van der Waals surface area (Å²) >= 11 is 0. The van der Waals surface area contributed by atoms with Crippen LogP contribution in [0.2, 0.25) is 0 Å². The number of nitrogens with one attached hydrogen (secondary N) is 1. The van der Waals surface area contributed by atoms with Crippen molar-refractivity contribution in [1.29, 1.82) is 0 Å². The van der Waals surface area contributed by atoms with E-state index < -0.39 is 0 Å². The molecule has 0 spiro atoms. The van der Waals surface area contributed by atoms with E-state index in [-0.39, 0.29) is 12.0 Å². The molecule has 15 heavy (non-hydrogen) atoms. The molecule has 1 atom stereocenters. The lowest BCUT2D eigenvalue weighted by molar-refractivity contribution is 0.101. The van der Waals surface area contributed by atoms with Crippen LogP contribution in [-0.4, -0.2) is 25.5 Å². The van der Waals surface area contributed by atoms with Crippen LogP contribution in [0.3, 0.4) is 0 Å². The van der Waals surface area contributed by atoms with E-state index in [4.69, 9.17) is 9.15 Å². The van der Waals surface area contributed by atoms with Crippen molar-refractivity contribution in [3.63, 3.8) is 0 Å². The number of amides is 1. The van der Waals surface area contributed by atoms with Crippen LogP contribution < -0.4 is 5.32 Å². The normalized spacial score (nSPS) is 20.5. The van der Waals surface area contributed by atoms with Gasteiger partial charge in [0.25, 0.3) is 0 Å². The van der Waals surface area contributed by atoms with Crippen LogP contribution in [0.5, 0.6) is 0 Å². The Kier molecular flexibility index (Phi) is 2.71. The Balaban J connectivity index is 1.91. The van der Waals surface area contributed by atoms with Gasteiger partial charge in [-0.25, -0.2) is 4.79 Å². The van der Waals surface area contributed by atoms with Crippen LogP contribution >= 0.6 is 0 Å². The molecule has 0 saturated carbocycles. The maximum atomic E-state index is 10.7. The van der Waals surface area contributed by atoms with Crippen molar-refractivity contribution >= 4 is 12.4 Å². The molecule has 0 aromatic carbocycles. The molecule has 2 heterocycles. The van der Waals surface area contributed by atoms with Crippen LogP contribution in [0.1, 0.15) is 16.3 Å². The Morgan fingerprint density at radius 3 is 3.00 bits per heavy atom. The molecule has 0 bridgehead atoms. The van der Waals surface area contributed by atoms with Gasteiger partial charge in [-0.15, -0.1) is 0 Å². The molecule has 1 N–H and O–H groups in total. The molecular weight excluding hydrogens is 198 g/mol. The molecule has 5 nitrogen and oxygen atoms in total. The lowest BCUT2D eigenvalue weighted by Gasteiger charge is -2.21. The molecule has 5 heteroatoms. The van der Waals surface area contributed by atoms with Crippen molar-refractivity contribution in [3.8, 4) is 0 Å². The first-order chi connectivity index (χ1) is 7.28. The van der Waals surface area contributed by atoms with Gasteiger partial charge in [-0.3, -0.25) is 4.79 Å². The predicted octanol–water partition coefficient (Wildman–Crippen LogP) is 0.991. The molecule has 1 saturated heterocycles. The SMILES string of the molecule is O=Cc1ccc(CC2CNC(=O)OC2)o1. The summed E-state index contributed by atoms with van der Waals surface area (Å²) in [6.45, 7) is 0.971. The van der Waals surface area contributed by atoms with Crippen LogP contribution in [-0.2, 0) is 11.2 Å². The highest BCUT2D eigenvalue weighted by Gasteiger charge is 2.20. The van der Waals surface area contributed by atoms with Crippen molar-refractivity contribution in [3.05, 3.63) is 23.7 Å². The van der Waals surface area contributed by atoms with Gasteiger partial charge < -0.3 is 14.5 Å². The zero-order valence-corrected chi connectivity index (χ0v) is 8.06. The molecule has 80 valence electrons. The van der Waals surface area contributed by atoms with E-state index >= 15 is 0 Å². The Hall–Kier alpha value is -1.78. The Morgan fingerprint density at radius 1 is 1.53 bits per heavy atom. The van der Waals surface area contributed by atoms with Gasteiger partial charge in [-0.1, -0.05) is 0 Å². The number of furan rings is 1. The van der Waals surface area contributed by atoms with Crippen LogP contribution in [0.25, 0.3) is 0 Å². The molecule has 1 aliphatic heterocycles. The van der Waals surface area contributed by atoms with Gasteiger partial charge in [-0.2, -0.15) is 0 Å². The highest BCUT2D eigenvalue weighted by Crippen LogP contribution is 2.13. The number of ether oxygens (including phenoxy) is 1. The van der Waals surface area contributed by atoms with E-state index in [0.29, 0.717) is 31.6 Å². The van der Waals surface area contributed by atoms with Gasteiger partial charge >= 0.3 is 6.09 Å². The minimum Gasteiger partial charge on any atom is -0.458 e. The van der Waals surface area contributed by atoms with Crippen LogP contribution in [0.4, 0.5) is 4.79 Å². The van der Waals surface area contributed by atoms with Gasteiger partial charge in [-0.05, 0) is 12.1 Å². The molecule has 1 aliphatic rings. The van der Waals surface area contributed by atoms with Gasteiger partial charge in [0.15, 0.2) is 12.0 Å². The molecule has 1 aromatic rings. The molecule has 1 fully saturated rings.